The van der Waals surface area contributed by atoms with E-state index >= 15 is 0 Å². The van der Waals surface area contributed by atoms with Gasteiger partial charge in [-0.15, -0.1) is 0 Å². The summed E-state index contributed by atoms with van der Waals surface area (Å²) in [5.41, 5.74) is 0. The lowest BCUT2D eigenvalue weighted by atomic mass is 10.2. The maximum atomic E-state index is 5.76. The Hall–Kier alpha value is -0.840. The molecular weight excluding hydrogens is 214 g/mol. The third kappa shape index (κ3) is 2.59. The van der Waals surface area contributed by atoms with Gasteiger partial charge in [-0.1, -0.05) is 11.6 Å². The number of hydrogen-bond acceptors (Lipinski definition) is 4. The van der Waals surface area contributed by atoms with Crippen LogP contribution in [0.1, 0.15) is 0 Å². The lowest BCUT2D eigenvalue weighted by Gasteiger charge is -2.18. The second-order valence-corrected chi connectivity index (χ2v) is 3.98. The van der Waals surface area contributed by atoms with Crippen molar-refractivity contribution in [2.24, 2.45) is 0 Å². The van der Waals surface area contributed by atoms with Gasteiger partial charge in [0.2, 0.25) is 0 Å². The van der Waals surface area contributed by atoms with E-state index in [4.69, 9.17) is 16.3 Å². The number of nitrogens with one attached hydrogen (secondary N) is 2. The predicted molar refractivity (Wildman–Crippen MR) is 60.3 cm³/mol. The molecule has 1 fully saturated rings. The second kappa shape index (κ2) is 4.79. The quantitative estimate of drug-likeness (QED) is 0.813. The Morgan fingerprint density at radius 3 is 3.07 bits per heavy atom. The number of rotatable bonds is 3. The SMILES string of the molecule is CO[C@H]1CNCC1Nc1ccc(Cl)cn1. The first-order valence-corrected chi connectivity index (χ1v) is 5.29. The Morgan fingerprint density at radius 1 is 1.53 bits per heavy atom. The first kappa shape index (κ1) is 10.7. The van der Waals surface area contributed by atoms with Gasteiger partial charge in [-0.05, 0) is 12.1 Å². The average Bonchev–Trinajstić information content (AvgIpc) is 2.69. The fourth-order valence-electron chi connectivity index (χ4n) is 1.70. The van der Waals surface area contributed by atoms with Crippen molar-refractivity contribution in [1.29, 1.82) is 0 Å². The van der Waals surface area contributed by atoms with E-state index in [1.54, 1.807) is 13.3 Å². The highest BCUT2D eigenvalue weighted by molar-refractivity contribution is 6.30. The van der Waals surface area contributed by atoms with Crippen LogP contribution < -0.4 is 10.6 Å². The summed E-state index contributed by atoms with van der Waals surface area (Å²) in [7, 11) is 1.72. The van der Waals surface area contributed by atoms with Crippen molar-refractivity contribution in [2.45, 2.75) is 12.1 Å². The number of ether oxygens (including phenoxy) is 1. The van der Waals surface area contributed by atoms with Crippen LogP contribution in [-0.4, -0.2) is 37.3 Å². The zero-order valence-corrected chi connectivity index (χ0v) is 9.29. The molecule has 15 heavy (non-hydrogen) atoms. The van der Waals surface area contributed by atoms with Crippen LogP contribution in [0.4, 0.5) is 5.82 Å². The fourth-order valence-corrected chi connectivity index (χ4v) is 1.81. The van der Waals surface area contributed by atoms with E-state index < -0.39 is 0 Å². The van der Waals surface area contributed by atoms with Crippen LogP contribution in [-0.2, 0) is 4.74 Å². The third-order valence-electron chi connectivity index (χ3n) is 2.52. The Kier molecular flexibility index (Phi) is 3.41. The van der Waals surface area contributed by atoms with Gasteiger partial charge < -0.3 is 15.4 Å². The van der Waals surface area contributed by atoms with Gasteiger partial charge in [0.05, 0.1) is 17.2 Å². The topological polar surface area (TPSA) is 46.2 Å². The zero-order chi connectivity index (χ0) is 10.7. The van der Waals surface area contributed by atoms with Crippen LogP contribution in [0.3, 0.4) is 0 Å². The molecule has 0 radical (unpaired) electrons. The fraction of sp³-hybridized carbons (Fsp3) is 0.500. The molecule has 2 heterocycles. The van der Waals surface area contributed by atoms with Gasteiger partial charge in [0.1, 0.15) is 5.82 Å². The third-order valence-corrected chi connectivity index (χ3v) is 2.75. The maximum Gasteiger partial charge on any atom is 0.126 e. The van der Waals surface area contributed by atoms with Gasteiger partial charge in [0.25, 0.3) is 0 Å². The standard InChI is InChI=1S/C10H14ClN3O/c1-15-9-6-12-5-8(9)14-10-3-2-7(11)4-13-10/h2-4,8-9,12H,5-6H2,1H3,(H,13,14)/t8?,9-/m0/s1. The molecule has 1 aromatic heterocycles. The number of aromatic nitrogens is 1. The number of hydrogen-bond donors (Lipinski definition) is 2. The number of anilines is 1. The highest BCUT2D eigenvalue weighted by atomic mass is 35.5. The highest BCUT2D eigenvalue weighted by Gasteiger charge is 2.26. The highest BCUT2D eigenvalue weighted by Crippen LogP contribution is 2.13. The van der Waals surface area contributed by atoms with Crippen molar-refractivity contribution in [3.63, 3.8) is 0 Å². The van der Waals surface area contributed by atoms with Crippen molar-refractivity contribution in [2.75, 3.05) is 25.5 Å². The molecule has 2 atom stereocenters. The molecule has 1 aromatic rings. The first-order chi connectivity index (χ1) is 7.29. The summed E-state index contributed by atoms with van der Waals surface area (Å²) in [5.74, 6) is 0.829. The summed E-state index contributed by atoms with van der Waals surface area (Å²) in [5, 5.41) is 7.22. The Balaban J connectivity index is 1.99. The summed E-state index contributed by atoms with van der Waals surface area (Å²) < 4.78 is 5.34. The van der Waals surface area contributed by atoms with E-state index in [1.807, 2.05) is 12.1 Å². The number of halogens is 1. The van der Waals surface area contributed by atoms with Crippen molar-refractivity contribution in [3.8, 4) is 0 Å². The van der Waals surface area contributed by atoms with Gasteiger partial charge in [-0.3, -0.25) is 0 Å². The van der Waals surface area contributed by atoms with E-state index in [2.05, 4.69) is 15.6 Å². The molecule has 0 saturated carbocycles. The Morgan fingerprint density at radius 2 is 2.40 bits per heavy atom. The Bertz CT molecular complexity index is 317. The van der Waals surface area contributed by atoms with Gasteiger partial charge in [0.15, 0.2) is 0 Å². The molecule has 1 aliphatic rings. The molecule has 0 amide bonds. The minimum Gasteiger partial charge on any atom is -0.378 e. The molecule has 1 aliphatic heterocycles. The largest absolute Gasteiger partial charge is 0.378 e. The molecule has 0 bridgehead atoms. The van der Waals surface area contributed by atoms with E-state index in [0.29, 0.717) is 5.02 Å². The molecule has 2 N–H and O–H groups in total. The summed E-state index contributed by atoms with van der Waals surface area (Å²) >= 11 is 5.76. The number of pyridine rings is 1. The number of methoxy groups -OCH3 is 1. The van der Waals surface area contributed by atoms with Crippen molar-refractivity contribution in [3.05, 3.63) is 23.4 Å². The molecule has 1 unspecified atom stereocenters. The van der Waals surface area contributed by atoms with Gasteiger partial charge in [-0.25, -0.2) is 4.98 Å². The van der Waals surface area contributed by atoms with Gasteiger partial charge in [-0.2, -0.15) is 0 Å². The van der Waals surface area contributed by atoms with Gasteiger partial charge >= 0.3 is 0 Å². The summed E-state index contributed by atoms with van der Waals surface area (Å²) in [6.07, 6.45) is 1.83. The van der Waals surface area contributed by atoms with Gasteiger partial charge in [0, 0.05) is 26.4 Å². The molecule has 2 rings (SSSR count). The molecule has 0 spiro atoms. The molecule has 0 aromatic carbocycles. The molecule has 82 valence electrons. The molecule has 1 saturated heterocycles. The molecule has 0 aliphatic carbocycles. The lowest BCUT2D eigenvalue weighted by Crippen LogP contribution is -2.33. The minimum absolute atomic E-state index is 0.197. The molecule has 4 nitrogen and oxygen atoms in total. The predicted octanol–water partition coefficient (Wildman–Crippen LogP) is 1.13. The maximum absolute atomic E-state index is 5.76. The van der Waals surface area contributed by atoms with Crippen molar-refractivity contribution in [1.82, 2.24) is 10.3 Å². The monoisotopic (exact) mass is 227 g/mol. The minimum atomic E-state index is 0.197. The lowest BCUT2D eigenvalue weighted by molar-refractivity contribution is 0.111. The van der Waals surface area contributed by atoms with Crippen LogP contribution in [0.15, 0.2) is 18.3 Å². The normalized spacial score (nSPS) is 25.5. The van der Waals surface area contributed by atoms with E-state index in [9.17, 15) is 0 Å². The van der Waals surface area contributed by atoms with Crippen molar-refractivity contribution >= 4 is 17.4 Å². The molecular formula is C10H14ClN3O. The van der Waals surface area contributed by atoms with E-state index in [-0.39, 0.29) is 12.1 Å². The first-order valence-electron chi connectivity index (χ1n) is 4.91. The van der Waals surface area contributed by atoms with Crippen LogP contribution in [0.5, 0.6) is 0 Å². The summed E-state index contributed by atoms with van der Waals surface area (Å²) in [4.78, 5) is 4.18. The number of nitrogens with zero attached hydrogens (tertiary/aromatic N) is 1. The van der Waals surface area contributed by atoms with Crippen LogP contribution in [0.25, 0.3) is 0 Å². The second-order valence-electron chi connectivity index (χ2n) is 3.54. The summed E-state index contributed by atoms with van der Waals surface area (Å²) in [6.45, 7) is 1.77. The Labute approximate surface area is 94.0 Å². The average molecular weight is 228 g/mol. The van der Waals surface area contributed by atoms with Crippen LogP contribution in [0.2, 0.25) is 5.02 Å². The van der Waals surface area contributed by atoms with E-state index in [0.717, 1.165) is 18.9 Å². The van der Waals surface area contributed by atoms with Crippen LogP contribution in [0, 0.1) is 0 Å². The van der Waals surface area contributed by atoms with E-state index in [1.165, 1.54) is 0 Å². The molecule has 5 heteroatoms. The smallest absolute Gasteiger partial charge is 0.126 e. The summed E-state index contributed by atoms with van der Waals surface area (Å²) in [6, 6.07) is 3.96. The van der Waals surface area contributed by atoms with Crippen LogP contribution >= 0.6 is 11.6 Å². The zero-order valence-electron chi connectivity index (χ0n) is 8.53. The van der Waals surface area contributed by atoms with Crippen molar-refractivity contribution < 1.29 is 4.74 Å².